The lowest BCUT2D eigenvalue weighted by Gasteiger charge is -2.42. The molecule has 1 aliphatic rings. The van der Waals surface area contributed by atoms with Gasteiger partial charge in [-0.2, -0.15) is 8.42 Å². The highest BCUT2D eigenvalue weighted by atomic mass is 32.2. The van der Waals surface area contributed by atoms with Crippen molar-refractivity contribution < 1.29 is 22.6 Å². The summed E-state index contributed by atoms with van der Waals surface area (Å²) in [6.45, 7) is 1.43. The number of hydrogen-bond donors (Lipinski definition) is 2. The van der Waals surface area contributed by atoms with Gasteiger partial charge in [-0.15, -0.1) is 0 Å². The Labute approximate surface area is 116 Å². The fraction of sp³-hybridized carbons (Fsp3) is 0.333. The van der Waals surface area contributed by atoms with E-state index in [-0.39, 0.29) is 12.3 Å². The fourth-order valence-corrected chi connectivity index (χ4v) is 2.99. The lowest BCUT2D eigenvalue weighted by atomic mass is 10.0. The molecular weight excluding hydrogens is 284 g/mol. The first-order valence-corrected chi connectivity index (χ1v) is 7.34. The summed E-state index contributed by atoms with van der Waals surface area (Å²) in [5.41, 5.74) is 0.788. The highest BCUT2D eigenvalue weighted by Crippen LogP contribution is 2.22. The molecule has 1 aliphatic heterocycles. The third-order valence-corrected chi connectivity index (χ3v) is 4.12. The third-order valence-electron chi connectivity index (χ3n) is 3.11. The van der Waals surface area contributed by atoms with Crippen LogP contribution in [0.25, 0.3) is 0 Å². The zero-order chi connectivity index (χ0) is 14.9. The predicted octanol–water partition coefficient (Wildman–Crippen LogP) is -0.253. The molecule has 0 aromatic heterocycles. The van der Waals surface area contributed by atoms with Crippen molar-refractivity contribution in [2.75, 3.05) is 0 Å². The van der Waals surface area contributed by atoms with E-state index < -0.39 is 28.3 Å². The highest BCUT2D eigenvalue weighted by molar-refractivity contribution is 7.84. The zero-order valence-electron chi connectivity index (χ0n) is 10.7. The second kappa shape index (κ2) is 5.22. The molecule has 2 atom stereocenters. The first-order chi connectivity index (χ1) is 9.30. The van der Waals surface area contributed by atoms with Crippen LogP contribution in [0.3, 0.4) is 0 Å². The second-order valence-electron chi connectivity index (χ2n) is 4.56. The standard InChI is InChI=1S/C12H14N2O5S/c1-8-11(12(16)14(8)20(17,18)19)13-10(15)7-9-5-3-2-4-6-9/h2-6,8,11H,7H2,1H3,(H,13,15)(H,17,18,19)/t8-,11+/m0/s1. The molecule has 1 aromatic carbocycles. The van der Waals surface area contributed by atoms with Crippen LogP contribution in [0, 0.1) is 0 Å². The SMILES string of the molecule is C[C@H]1[C@@H](NC(=O)Cc2ccccc2)C(=O)N1S(=O)(=O)O. The molecule has 2 N–H and O–H groups in total. The van der Waals surface area contributed by atoms with Crippen LogP contribution in [0.1, 0.15) is 12.5 Å². The zero-order valence-corrected chi connectivity index (χ0v) is 11.5. The van der Waals surface area contributed by atoms with Crippen molar-refractivity contribution in [3.05, 3.63) is 35.9 Å². The smallest absolute Gasteiger partial charge is 0.342 e. The van der Waals surface area contributed by atoms with E-state index in [9.17, 15) is 18.0 Å². The van der Waals surface area contributed by atoms with Crippen molar-refractivity contribution in [2.45, 2.75) is 25.4 Å². The van der Waals surface area contributed by atoms with E-state index in [2.05, 4.69) is 5.32 Å². The summed E-state index contributed by atoms with van der Waals surface area (Å²) in [6, 6.07) is 7.24. The number of rotatable bonds is 4. The van der Waals surface area contributed by atoms with Gasteiger partial charge in [0.2, 0.25) is 5.91 Å². The number of β-lactam (4-membered cyclic amide) rings is 1. The van der Waals surface area contributed by atoms with Gasteiger partial charge >= 0.3 is 10.3 Å². The summed E-state index contributed by atoms with van der Waals surface area (Å²) >= 11 is 0. The maximum Gasteiger partial charge on any atom is 0.362 e. The molecule has 1 saturated heterocycles. The van der Waals surface area contributed by atoms with E-state index in [0.717, 1.165) is 5.56 Å². The van der Waals surface area contributed by atoms with Crippen LogP contribution in [0.5, 0.6) is 0 Å². The van der Waals surface area contributed by atoms with Crippen LogP contribution < -0.4 is 5.32 Å². The molecule has 2 amide bonds. The molecule has 0 aliphatic carbocycles. The van der Waals surface area contributed by atoms with Crippen LogP contribution in [0.2, 0.25) is 0 Å². The van der Waals surface area contributed by atoms with Crippen molar-refractivity contribution in [1.29, 1.82) is 0 Å². The maximum absolute atomic E-state index is 11.8. The lowest BCUT2D eigenvalue weighted by molar-refractivity contribution is -0.144. The normalized spacial score (nSPS) is 22.3. The van der Waals surface area contributed by atoms with Crippen LogP contribution in [0.15, 0.2) is 30.3 Å². The minimum absolute atomic E-state index is 0.100. The number of nitrogens with zero attached hydrogens (tertiary/aromatic N) is 1. The van der Waals surface area contributed by atoms with E-state index in [4.69, 9.17) is 4.55 Å². The van der Waals surface area contributed by atoms with Crippen LogP contribution in [0.4, 0.5) is 0 Å². The minimum Gasteiger partial charge on any atom is -0.342 e. The van der Waals surface area contributed by atoms with Gasteiger partial charge in [0.15, 0.2) is 0 Å². The molecule has 1 aromatic rings. The quantitative estimate of drug-likeness (QED) is 0.589. The van der Waals surface area contributed by atoms with E-state index >= 15 is 0 Å². The molecule has 7 nitrogen and oxygen atoms in total. The lowest BCUT2D eigenvalue weighted by Crippen LogP contribution is -2.70. The van der Waals surface area contributed by atoms with Crippen molar-refractivity contribution in [2.24, 2.45) is 0 Å². The molecule has 0 saturated carbocycles. The predicted molar refractivity (Wildman–Crippen MR) is 69.9 cm³/mol. The van der Waals surface area contributed by atoms with Crippen molar-refractivity contribution >= 4 is 22.1 Å². The van der Waals surface area contributed by atoms with Gasteiger partial charge in [-0.1, -0.05) is 30.3 Å². The Balaban J connectivity index is 1.96. The Hall–Kier alpha value is -1.93. The Morgan fingerprint density at radius 2 is 1.95 bits per heavy atom. The second-order valence-corrected chi connectivity index (χ2v) is 5.85. The third kappa shape index (κ3) is 2.81. The number of carbonyl (C=O) groups excluding carboxylic acids is 2. The fourth-order valence-electron chi connectivity index (χ4n) is 2.11. The number of amides is 2. The molecular formula is C12H14N2O5S. The van der Waals surface area contributed by atoms with Gasteiger partial charge in [-0.25, -0.2) is 4.31 Å². The number of hydrogen-bond acceptors (Lipinski definition) is 4. The summed E-state index contributed by atoms with van der Waals surface area (Å²) in [5, 5.41) is 2.46. The largest absolute Gasteiger partial charge is 0.362 e. The van der Waals surface area contributed by atoms with E-state index in [1.165, 1.54) is 6.92 Å². The van der Waals surface area contributed by atoms with Crippen LogP contribution in [-0.4, -0.2) is 41.2 Å². The molecule has 20 heavy (non-hydrogen) atoms. The molecule has 1 fully saturated rings. The molecule has 108 valence electrons. The average Bonchev–Trinajstić information content (AvgIpc) is 2.36. The van der Waals surface area contributed by atoms with Gasteiger partial charge in [0.25, 0.3) is 5.91 Å². The van der Waals surface area contributed by atoms with Gasteiger partial charge in [-0.05, 0) is 12.5 Å². The summed E-state index contributed by atoms with van der Waals surface area (Å²) in [6.07, 6.45) is 0.100. The van der Waals surface area contributed by atoms with Gasteiger partial charge < -0.3 is 5.32 Å². The molecule has 0 unspecified atom stereocenters. The van der Waals surface area contributed by atoms with Crippen LogP contribution >= 0.6 is 0 Å². The first kappa shape index (κ1) is 14.5. The maximum atomic E-state index is 11.8. The number of carbonyl (C=O) groups is 2. The van der Waals surface area contributed by atoms with Gasteiger partial charge in [0, 0.05) is 0 Å². The average molecular weight is 298 g/mol. The minimum atomic E-state index is -4.56. The topological polar surface area (TPSA) is 104 Å². The summed E-state index contributed by atoms with van der Waals surface area (Å²) in [4.78, 5) is 23.3. The number of nitrogens with one attached hydrogen (secondary N) is 1. The number of benzene rings is 1. The Bertz CT molecular complexity index is 629. The molecule has 0 bridgehead atoms. The highest BCUT2D eigenvalue weighted by Gasteiger charge is 2.51. The molecule has 0 radical (unpaired) electrons. The van der Waals surface area contributed by atoms with E-state index in [1.807, 2.05) is 6.07 Å². The van der Waals surface area contributed by atoms with Crippen LogP contribution in [-0.2, 0) is 26.3 Å². The summed E-state index contributed by atoms with van der Waals surface area (Å²) in [5.74, 6) is -1.21. The van der Waals surface area contributed by atoms with Gasteiger partial charge in [0.1, 0.15) is 6.04 Å². The van der Waals surface area contributed by atoms with Crippen molar-refractivity contribution in [3.8, 4) is 0 Å². The molecule has 8 heteroatoms. The molecule has 2 rings (SSSR count). The van der Waals surface area contributed by atoms with Gasteiger partial charge in [0.05, 0.1) is 12.5 Å². The molecule has 1 heterocycles. The van der Waals surface area contributed by atoms with Crippen molar-refractivity contribution in [1.82, 2.24) is 9.62 Å². The Morgan fingerprint density at radius 1 is 1.35 bits per heavy atom. The monoisotopic (exact) mass is 298 g/mol. The Kier molecular flexibility index (Phi) is 3.78. The summed E-state index contributed by atoms with van der Waals surface area (Å²) in [7, 11) is -4.56. The van der Waals surface area contributed by atoms with Gasteiger partial charge in [-0.3, -0.25) is 14.1 Å². The van der Waals surface area contributed by atoms with Crippen molar-refractivity contribution in [3.63, 3.8) is 0 Å². The molecule has 0 spiro atoms. The van der Waals surface area contributed by atoms with E-state index in [0.29, 0.717) is 4.31 Å². The Morgan fingerprint density at radius 3 is 2.45 bits per heavy atom. The first-order valence-electron chi connectivity index (χ1n) is 5.94. The summed E-state index contributed by atoms with van der Waals surface area (Å²) < 4.78 is 31.0. The van der Waals surface area contributed by atoms with E-state index in [1.54, 1.807) is 24.3 Å².